The Morgan fingerprint density at radius 3 is 2.95 bits per heavy atom. The molecule has 1 unspecified atom stereocenters. The van der Waals surface area contributed by atoms with Gasteiger partial charge in [0, 0.05) is 26.2 Å². The first kappa shape index (κ1) is 15.2. The number of nitrogens with one attached hydrogen (secondary N) is 1. The van der Waals surface area contributed by atoms with E-state index in [4.69, 9.17) is 10.2 Å². The van der Waals surface area contributed by atoms with Crippen molar-refractivity contribution in [1.29, 1.82) is 0 Å². The highest BCUT2D eigenvalue weighted by Crippen LogP contribution is 2.18. The molecule has 1 saturated heterocycles. The van der Waals surface area contributed by atoms with Gasteiger partial charge in [0.2, 0.25) is 0 Å². The van der Waals surface area contributed by atoms with Crippen LogP contribution in [0, 0.1) is 5.92 Å². The molecule has 0 bridgehead atoms. The number of carboxylic acids is 1. The summed E-state index contributed by atoms with van der Waals surface area (Å²) in [7, 11) is 0. The fourth-order valence-corrected chi connectivity index (χ4v) is 2.33. The van der Waals surface area contributed by atoms with Crippen molar-refractivity contribution in [1.82, 2.24) is 25.2 Å². The maximum absolute atomic E-state index is 11.9. The second-order valence-corrected chi connectivity index (χ2v) is 5.02. The average molecular weight is 297 g/mol. The molecule has 21 heavy (non-hydrogen) atoms. The van der Waals surface area contributed by atoms with Gasteiger partial charge in [0.15, 0.2) is 5.69 Å². The Morgan fingerprint density at radius 2 is 2.29 bits per heavy atom. The van der Waals surface area contributed by atoms with Crippen LogP contribution >= 0.6 is 0 Å². The summed E-state index contributed by atoms with van der Waals surface area (Å²) in [6.07, 6.45) is 2.96. The molecule has 1 atom stereocenters. The molecule has 0 radical (unpaired) electrons. The Balaban J connectivity index is 1.70. The second-order valence-electron chi connectivity index (χ2n) is 5.02. The number of rotatable bonds is 6. The Hall–Kier alpha value is -2.16. The smallest absolute Gasteiger partial charge is 0.358 e. The third kappa shape index (κ3) is 4.15. The van der Waals surface area contributed by atoms with Crippen LogP contribution < -0.4 is 5.32 Å². The molecule has 9 nitrogen and oxygen atoms in total. The largest absolute Gasteiger partial charge is 0.476 e. The number of hydrogen-bond acceptors (Lipinski definition) is 5. The third-order valence-electron chi connectivity index (χ3n) is 3.49. The molecule has 2 heterocycles. The summed E-state index contributed by atoms with van der Waals surface area (Å²) < 4.78 is 1.38. The van der Waals surface area contributed by atoms with Crippen LogP contribution in [0.3, 0.4) is 0 Å². The number of likely N-dealkylation sites (tertiary alicyclic amines) is 1. The van der Waals surface area contributed by atoms with E-state index in [1.54, 1.807) is 4.90 Å². The molecule has 0 spiro atoms. The number of carboxylic acid groups (broad SMARTS) is 1. The van der Waals surface area contributed by atoms with Gasteiger partial charge in [-0.25, -0.2) is 14.3 Å². The first-order valence-corrected chi connectivity index (χ1v) is 6.87. The molecule has 1 fully saturated rings. The third-order valence-corrected chi connectivity index (χ3v) is 3.49. The quantitative estimate of drug-likeness (QED) is 0.644. The molecule has 2 amide bonds. The highest BCUT2D eigenvalue weighted by Gasteiger charge is 2.25. The summed E-state index contributed by atoms with van der Waals surface area (Å²) >= 11 is 0. The van der Waals surface area contributed by atoms with E-state index in [0.29, 0.717) is 32.1 Å². The second kappa shape index (κ2) is 7.02. The zero-order chi connectivity index (χ0) is 15.2. The molecule has 1 aromatic heterocycles. The van der Waals surface area contributed by atoms with Crippen LogP contribution in [-0.2, 0) is 6.54 Å². The number of amides is 2. The summed E-state index contributed by atoms with van der Waals surface area (Å²) in [4.78, 5) is 24.3. The number of aromatic nitrogens is 3. The Bertz CT molecular complexity index is 504. The van der Waals surface area contributed by atoms with Gasteiger partial charge in [0.05, 0.1) is 12.7 Å². The first-order chi connectivity index (χ1) is 10.1. The van der Waals surface area contributed by atoms with Gasteiger partial charge in [0.1, 0.15) is 0 Å². The summed E-state index contributed by atoms with van der Waals surface area (Å²) in [6, 6.07) is -0.144. The van der Waals surface area contributed by atoms with Crippen LogP contribution in [0.2, 0.25) is 0 Å². The van der Waals surface area contributed by atoms with Crippen molar-refractivity contribution in [2.45, 2.75) is 19.4 Å². The monoisotopic (exact) mass is 297 g/mol. The number of aliphatic hydroxyl groups is 1. The van der Waals surface area contributed by atoms with Gasteiger partial charge >= 0.3 is 12.0 Å². The minimum absolute atomic E-state index is 0.118. The average Bonchev–Trinajstić information content (AvgIpc) is 3.08. The zero-order valence-electron chi connectivity index (χ0n) is 11.6. The van der Waals surface area contributed by atoms with Gasteiger partial charge in [0.25, 0.3) is 0 Å². The van der Waals surface area contributed by atoms with Gasteiger partial charge in [-0.05, 0) is 18.8 Å². The molecule has 1 aromatic rings. The minimum atomic E-state index is -1.13. The Morgan fingerprint density at radius 1 is 1.48 bits per heavy atom. The van der Waals surface area contributed by atoms with E-state index in [9.17, 15) is 9.59 Å². The van der Waals surface area contributed by atoms with Crippen LogP contribution in [0.15, 0.2) is 6.20 Å². The molecule has 0 saturated carbocycles. The molecule has 9 heteroatoms. The van der Waals surface area contributed by atoms with Crippen LogP contribution in [0.4, 0.5) is 4.79 Å². The van der Waals surface area contributed by atoms with Crippen LogP contribution in [-0.4, -0.2) is 68.3 Å². The predicted molar refractivity (Wildman–Crippen MR) is 71.8 cm³/mol. The van der Waals surface area contributed by atoms with Gasteiger partial charge in [-0.1, -0.05) is 5.21 Å². The van der Waals surface area contributed by atoms with Crippen LogP contribution in [0.1, 0.15) is 23.3 Å². The zero-order valence-corrected chi connectivity index (χ0v) is 11.6. The number of carbonyl (C=O) groups is 2. The summed E-state index contributed by atoms with van der Waals surface area (Å²) in [6.45, 7) is 2.22. The van der Waals surface area contributed by atoms with E-state index in [0.717, 1.165) is 12.8 Å². The number of aliphatic hydroxyl groups excluding tert-OH is 1. The van der Waals surface area contributed by atoms with E-state index in [1.807, 2.05) is 0 Å². The van der Waals surface area contributed by atoms with E-state index >= 15 is 0 Å². The minimum Gasteiger partial charge on any atom is -0.476 e. The number of aromatic carboxylic acids is 1. The van der Waals surface area contributed by atoms with Crippen molar-refractivity contribution in [3.63, 3.8) is 0 Å². The van der Waals surface area contributed by atoms with Crippen molar-refractivity contribution in [2.75, 3.05) is 26.2 Å². The SMILES string of the molecule is O=C(O)c1cn(CCNC(=O)N2CCC(CCO)C2)nn1. The normalized spacial score (nSPS) is 18.0. The molecule has 3 N–H and O–H groups in total. The summed E-state index contributed by atoms with van der Waals surface area (Å²) in [5, 5.41) is 27.5. The standard InChI is InChI=1S/C12H19N5O4/c18-6-2-9-1-4-16(7-9)12(21)13-3-5-17-8-10(11(19)20)14-15-17/h8-9,18H,1-7H2,(H,13,21)(H,19,20). The van der Waals surface area contributed by atoms with E-state index in [1.165, 1.54) is 10.9 Å². The maximum atomic E-state index is 11.9. The number of nitrogens with zero attached hydrogens (tertiary/aromatic N) is 4. The summed E-state index contributed by atoms with van der Waals surface area (Å²) in [5.41, 5.74) is -0.118. The lowest BCUT2D eigenvalue weighted by Crippen LogP contribution is -2.39. The molecule has 1 aliphatic heterocycles. The van der Waals surface area contributed by atoms with E-state index < -0.39 is 5.97 Å². The fraction of sp³-hybridized carbons (Fsp3) is 0.667. The van der Waals surface area contributed by atoms with Gasteiger partial charge in [-0.3, -0.25) is 0 Å². The van der Waals surface area contributed by atoms with Gasteiger partial charge in [-0.15, -0.1) is 5.10 Å². The lowest BCUT2D eigenvalue weighted by Gasteiger charge is -2.17. The van der Waals surface area contributed by atoms with E-state index in [-0.39, 0.29) is 18.3 Å². The fourth-order valence-electron chi connectivity index (χ4n) is 2.33. The van der Waals surface area contributed by atoms with E-state index in [2.05, 4.69) is 15.6 Å². The van der Waals surface area contributed by atoms with Crippen molar-refractivity contribution >= 4 is 12.0 Å². The molecular formula is C12H19N5O4. The lowest BCUT2D eigenvalue weighted by molar-refractivity contribution is 0.0690. The van der Waals surface area contributed by atoms with Crippen molar-refractivity contribution in [3.8, 4) is 0 Å². The maximum Gasteiger partial charge on any atom is 0.358 e. The van der Waals surface area contributed by atoms with Crippen LogP contribution in [0.25, 0.3) is 0 Å². The molecular weight excluding hydrogens is 278 g/mol. The Labute approximate surface area is 121 Å². The molecule has 116 valence electrons. The van der Waals surface area contributed by atoms with Crippen molar-refractivity contribution in [3.05, 3.63) is 11.9 Å². The van der Waals surface area contributed by atoms with Crippen molar-refractivity contribution < 1.29 is 19.8 Å². The molecule has 2 rings (SSSR count). The highest BCUT2D eigenvalue weighted by molar-refractivity contribution is 5.84. The number of urea groups is 1. The van der Waals surface area contributed by atoms with Crippen LogP contribution in [0.5, 0.6) is 0 Å². The summed E-state index contributed by atoms with van der Waals surface area (Å²) in [5.74, 6) is -0.758. The number of hydrogen-bond donors (Lipinski definition) is 3. The Kier molecular flexibility index (Phi) is 5.09. The highest BCUT2D eigenvalue weighted by atomic mass is 16.4. The first-order valence-electron chi connectivity index (χ1n) is 6.87. The lowest BCUT2D eigenvalue weighted by atomic mass is 10.1. The molecule has 0 aromatic carbocycles. The predicted octanol–water partition coefficient (Wildman–Crippen LogP) is -0.610. The van der Waals surface area contributed by atoms with Gasteiger partial charge in [-0.2, -0.15) is 0 Å². The number of carbonyl (C=O) groups excluding carboxylic acids is 1. The van der Waals surface area contributed by atoms with Crippen molar-refractivity contribution in [2.24, 2.45) is 5.92 Å². The van der Waals surface area contributed by atoms with Gasteiger partial charge < -0.3 is 20.4 Å². The molecule has 1 aliphatic rings. The molecule has 0 aliphatic carbocycles. The topological polar surface area (TPSA) is 121 Å².